The molecule has 0 bridgehead atoms. The standard InChI is InChI=1S/C18H25N5OS/c24-18(23-6-2-1-3-7-23)14-22-10-8-21(9-11-22)13-15-4-5-16-17(12-15)20-25-19-16/h4-5,12H,1-3,6-11,13-14H2. The fraction of sp³-hybridized carbons (Fsp3) is 0.611. The first-order chi connectivity index (χ1) is 12.3. The summed E-state index contributed by atoms with van der Waals surface area (Å²) in [5.74, 6) is 0.314. The molecule has 1 amide bonds. The lowest BCUT2D eigenvalue weighted by Gasteiger charge is -2.36. The van der Waals surface area contributed by atoms with Crippen LogP contribution in [0.1, 0.15) is 24.8 Å². The first-order valence-electron chi connectivity index (χ1n) is 9.22. The van der Waals surface area contributed by atoms with Gasteiger partial charge in [0, 0.05) is 45.8 Å². The molecule has 2 saturated heterocycles. The lowest BCUT2D eigenvalue weighted by molar-refractivity contribution is -0.133. The molecule has 0 radical (unpaired) electrons. The number of benzene rings is 1. The Morgan fingerprint density at radius 2 is 1.64 bits per heavy atom. The average molecular weight is 359 g/mol. The topological polar surface area (TPSA) is 52.6 Å². The van der Waals surface area contributed by atoms with E-state index in [0.717, 1.165) is 56.8 Å². The summed E-state index contributed by atoms with van der Waals surface area (Å²) in [7, 11) is 0. The Morgan fingerprint density at radius 1 is 0.920 bits per heavy atom. The smallest absolute Gasteiger partial charge is 0.236 e. The van der Waals surface area contributed by atoms with Crippen LogP contribution in [0.3, 0.4) is 0 Å². The quantitative estimate of drug-likeness (QED) is 0.833. The average Bonchev–Trinajstić information content (AvgIpc) is 3.12. The number of amides is 1. The molecule has 25 heavy (non-hydrogen) atoms. The van der Waals surface area contributed by atoms with E-state index in [4.69, 9.17) is 0 Å². The highest BCUT2D eigenvalue weighted by molar-refractivity contribution is 7.00. The van der Waals surface area contributed by atoms with E-state index in [2.05, 4.69) is 36.7 Å². The Labute approximate surface area is 152 Å². The van der Waals surface area contributed by atoms with E-state index in [9.17, 15) is 4.79 Å². The van der Waals surface area contributed by atoms with Gasteiger partial charge in [0.05, 0.1) is 18.3 Å². The summed E-state index contributed by atoms with van der Waals surface area (Å²) >= 11 is 1.27. The van der Waals surface area contributed by atoms with Crippen LogP contribution in [-0.4, -0.2) is 75.2 Å². The number of piperazine rings is 1. The maximum atomic E-state index is 12.4. The zero-order chi connectivity index (χ0) is 17.1. The molecule has 4 rings (SSSR count). The minimum atomic E-state index is 0.314. The highest BCUT2D eigenvalue weighted by Crippen LogP contribution is 2.16. The van der Waals surface area contributed by atoms with Crippen molar-refractivity contribution in [1.29, 1.82) is 0 Å². The van der Waals surface area contributed by atoms with Gasteiger partial charge in [0.1, 0.15) is 11.0 Å². The molecule has 1 aromatic carbocycles. The SMILES string of the molecule is O=C(CN1CCN(Cc2ccc3nsnc3c2)CC1)N1CCCCC1. The molecule has 1 aromatic heterocycles. The molecule has 134 valence electrons. The van der Waals surface area contributed by atoms with Crippen molar-refractivity contribution in [3.8, 4) is 0 Å². The Hall–Kier alpha value is -1.57. The lowest BCUT2D eigenvalue weighted by atomic mass is 10.1. The highest BCUT2D eigenvalue weighted by atomic mass is 32.1. The van der Waals surface area contributed by atoms with Crippen molar-refractivity contribution in [2.24, 2.45) is 0 Å². The van der Waals surface area contributed by atoms with Crippen LogP contribution in [0.2, 0.25) is 0 Å². The van der Waals surface area contributed by atoms with Crippen molar-refractivity contribution >= 4 is 28.7 Å². The van der Waals surface area contributed by atoms with Crippen molar-refractivity contribution < 1.29 is 4.79 Å². The minimum Gasteiger partial charge on any atom is -0.342 e. The molecular formula is C18H25N5OS. The Kier molecular flexibility index (Phi) is 5.24. The lowest BCUT2D eigenvalue weighted by Crippen LogP contribution is -2.50. The van der Waals surface area contributed by atoms with Gasteiger partial charge in [-0.3, -0.25) is 14.6 Å². The number of aromatic nitrogens is 2. The van der Waals surface area contributed by atoms with Gasteiger partial charge < -0.3 is 4.90 Å². The van der Waals surface area contributed by atoms with Crippen LogP contribution in [-0.2, 0) is 11.3 Å². The third kappa shape index (κ3) is 4.16. The Bertz CT molecular complexity index is 719. The van der Waals surface area contributed by atoms with E-state index in [1.165, 1.54) is 36.6 Å². The Morgan fingerprint density at radius 3 is 2.44 bits per heavy atom. The van der Waals surface area contributed by atoms with Crippen molar-refractivity contribution in [3.05, 3.63) is 23.8 Å². The van der Waals surface area contributed by atoms with Gasteiger partial charge in [-0.1, -0.05) is 6.07 Å². The summed E-state index contributed by atoms with van der Waals surface area (Å²) in [5, 5.41) is 0. The summed E-state index contributed by atoms with van der Waals surface area (Å²) in [4.78, 5) is 19.2. The van der Waals surface area contributed by atoms with Crippen LogP contribution >= 0.6 is 11.7 Å². The molecule has 2 aromatic rings. The first-order valence-corrected chi connectivity index (χ1v) is 9.95. The van der Waals surface area contributed by atoms with Gasteiger partial charge in [-0.05, 0) is 37.0 Å². The molecule has 0 spiro atoms. The summed E-state index contributed by atoms with van der Waals surface area (Å²) in [6.45, 7) is 7.41. The van der Waals surface area contributed by atoms with Crippen LogP contribution in [0.25, 0.3) is 11.0 Å². The van der Waals surface area contributed by atoms with E-state index in [0.29, 0.717) is 12.5 Å². The Balaban J connectivity index is 1.25. The predicted molar refractivity (Wildman–Crippen MR) is 99.6 cm³/mol. The molecular weight excluding hydrogens is 334 g/mol. The van der Waals surface area contributed by atoms with Crippen LogP contribution < -0.4 is 0 Å². The molecule has 0 saturated carbocycles. The van der Waals surface area contributed by atoms with Gasteiger partial charge in [-0.25, -0.2) is 0 Å². The molecule has 6 nitrogen and oxygen atoms in total. The molecule has 2 aliphatic rings. The van der Waals surface area contributed by atoms with Gasteiger partial charge in [0.2, 0.25) is 5.91 Å². The summed E-state index contributed by atoms with van der Waals surface area (Å²) in [6, 6.07) is 6.35. The second kappa shape index (κ2) is 7.76. The monoisotopic (exact) mass is 359 g/mol. The number of piperidine rings is 1. The number of likely N-dealkylation sites (tertiary alicyclic amines) is 1. The van der Waals surface area contributed by atoms with E-state index in [1.54, 1.807) is 0 Å². The predicted octanol–water partition coefficient (Wildman–Crippen LogP) is 1.82. The third-order valence-electron chi connectivity index (χ3n) is 5.26. The second-order valence-corrected chi connectivity index (χ2v) is 7.61. The molecule has 0 unspecified atom stereocenters. The second-order valence-electron chi connectivity index (χ2n) is 7.08. The van der Waals surface area contributed by atoms with Gasteiger partial charge in [0.15, 0.2) is 0 Å². The van der Waals surface area contributed by atoms with Crippen molar-refractivity contribution in [2.75, 3.05) is 45.8 Å². The first kappa shape index (κ1) is 16.9. The van der Waals surface area contributed by atoms with Crippen LogP contribution in [0.4, 0.5) is 0 Å². The molecule has 0 atom stereocenters. The highest BCUT2D eigenvalue weighted by Gasteiger charge is 2.22. The number of carbonyl (C=O) groups excluding carboxylic acids is 1. The number of rotatable bonds is 4. The maximum Gasteiger partial charge on any atom is 0.236 e. The van der Waals surface area contributed by atoms with E-state index >= 15 is 0 Å². The van der Waals surface area contributed by atoms with Gasteiger partial charge in [-0.15, -0.1) is 0 Å². The molecule has 7 heteroatoms. The molecule has 2 fully saturated rings. The van der Waals surface area contributed by atoms with Crippen LogP contribution in [0, 0.1) is 0 Å². The number of hydrogen-bond acceptors (Lipinski definition) is 6. The molecule has 0 aliphatic carbocycles. The number of hydrogen-bond donors (Lipinski definition) is 0. The third-order valence-corrected chi connectivity index (χ3v) is 5.81. The largest absolute Gasteiger partial charge is 0.342 e. The normalized spacial score (nSPS) is 20.2. The van der Waals surface area contributed by atoms with Crippen LogP contribution in [0.5, 0.6) is 0 Å². The zero-order valence-corrected chi connectivity index (χ0v) is 15.4. The number of nitrogens with zero attached hydrogens (tertiary/aromatic N) is 5. The van der Waals surface area contributed by atoms with Crippen molar-refractivity contribution in [3.63, 3.8) is 0 Å². The summed E-state index contributed by atoms with van der Waals surface area (Å²) in [5.41, 5.74) is 3.26. The van der Waals surface area contributed by atoms with Gasteiger partial charge in [0.25, 0.3) is 0 Å². The zero-order valence-electron chi connectivity index (χ0n) is 14.6. The number of fused-ring (bicyclic) bond motifs is 1. The van der Waals surface area contributed by atoms with Gasteiger partial charge >= 0.3 is 0 Å². The molecule has 2 aliphatic heterocycles. The van der Waals surface area contributed by atoms with E-state index in [-0.39, 0.29) is 0 Å². The van der Waals surface area contributed by atoms with Crippen molar-refractivity contribution in [2.45, 2.75) is 25.8 Å². The van der Waals surface area contributed by atoms with E-state index in [1.807, 2.05) is 4.90 Å². The molecule has 0 N–H and O–H groups in total. The summed E-state index contributed by atoms with van der Waals surface area (Å²) in [6.07, 6.45) is 3.60. The fourth-order valence-electron chi connectivity index (χ4n) is 3.72. The summed E-state index contributed by atoms with van der Waals surface area (Å²) < 4.78 is 8.58. The van der Waals surface area contributed by atoms with Crippen LogP contribution in [0.15, 0.2) is 18.2 Å². The number of carbonyl (C=O) groups is 1. The maximum absolute atomic E-state index is 12.4. The van der Waals surface area contributed by atoms with Gasteiger partial charge in [-0.2, -0.15) is 8.75 Å². The molecule has 3 heterocycles. The van der Waals surface area contributed by atoms with E-state index < -0.39 is 0 Å². The van der Waals surface area contributed by atoms with Crippen molar-refractivity contribution in [1.82, 2.24) is 23.4 Å². The minimum absolute atomic E-state index is 0.314. The fourth-order valence-corrected chi connectivity index (χ4v) is 4.24.